The fraction of sp³-hybridized carbons (Fsp3) is 0.750. The first-order valence-electron chi connectivity index (χ1n) is 3.90. The van der Waals surface area contributed by atoms with Crippen LogP contribution in [0.4, 0.5) is 4.39 Å². The largest absolute Gasteiger partial charge is 0.327 e. The number of nitriles is 1. The number of carbonyl (C=O) groups is 1. The molecule has 3 nitrogen and oxygen atoms in total. The summed E-state index contributed by atoms with van der Waals surface area (Å²) in [6.45, 7) is 3.03. The van der Waals surface area contributed by atoms with Crippen molar-refractivity contribution in [3.8, 4) is 6.07 Å². The van der Waals surface area contributed by atoms with Crippen LogP contribution in [0.15, 0.2) is 0 Å². The molecular weight excluding hydrogens is 159 g/mol. The Hall–Kier alpha value is -1.11. The number of amides is 1. The van der Waals surface area contributed by atoms with E-state index in [0.717, 1.165) is 0 Å². The van der Waals surface area contributed by atoms with Gasteiger partial charge in [-0.2, -0.15) is 5.26 Å². The van der Waals surface area contributed by atoms with Crippen LogP contribution in [0.2, 0.25) is 0 Å². The molecule has 1 amide bonds. The van der Waals surface area contributed by atoms with Crippen LogP contribution >= 0.6 is 0 Å². The van der Waals surface area contributed by atoms with Gasteiger partial charge in [-0.3, -0.25) is 9.18 Å². The molecule has 0 bridgehead atoms. The first-order valence-corrected chi connectivity index (χ1v) is 3.90. The Kier molecular flexibility index (Phi) is 5.02. The number of halogens is 1. The standard InChI is InChI=1S/C8H13FN2O/c1-3-11(7(2)12)8(6-10)4-5-9/h8H,3-5H2,1-2H3/t8-/m0/s1. The molecule has 0 aliphatic heterocycles. The van der Waals surface area contributed by atoms with E-state index in [4.69, 9.17) is 5.26 Å². The second kappa shape index (κ2) is 5.53. The molecule has 0 radical (unpaired) electrons. The molecule has 0 heterocycles. The Morgan fingerprint density at radius 1 is 1.75 bits per heavy atom. The maximum atomic E-state index is 11.9. The topological polar surface area (TPSA) is 44.1 Å². The van der Waals surface area contributed by atoms with Crippen molar-refractivity contribution in [3.05, 3.63) is 0 Å². The highest BCUT2D eigenvalue weighted by molar-refractivity contribution is 5.73. The minimum absolute atomic E-state index is 0.101. The summed E-state index contributed by atoms with van der Waals surface area (Å²) in [5.41, 5.74) is 0. The number of alkyl halides is 1. The zero-order valence-electron chi connectivity index (χ0n) is 7.38. The fourth-order valence-corrected chi connectivity index (χ4v) is 1.06. The molecule has 0 aromatic carbocycles. The van der Waals surface area contributed by atoms with Crippen molar-refractivity contribution < 1.29 is 9.18 Å². The minimum Gasteiger partial charge on any atom is -0.327 e. The Morgan fingerprint density at radius 2 is 2.33 bits per heavy atom. The van der Waals surface area contributed by atoms with E-state index in [1.165, 1.54) is 11.8 Å². The molecule has 0 aliphatic carbocycles. The van der Waals surface area contributed by atoms with E-state index in [9.17, 15) is 9.18 Å². The lowest BCUT2D eigenvalue weighted by Crippen LogP contribution is -2.38. The lowest BCUT2D eigenvalue weighted by molar-refractivity contribution is -0.130. The van der Waals surface area contributed by atoms with Gasteiger partial charge in [-0.15, -0.1) is 0 Å². The number of nitrogens with zero attached hydrogens (tertiary/aromatic N) is 2. The molecule has 0 aliphatic rings. The van der Waals surface area contributed by atoms with Crippen LogP contribution in [-0.2, 0) is 4.79 Å². The SMILES string of the molecule is CCN(C(C)=O)[C@H](C#N)CCF. The molecule has 68 valence electrons. The Balaban J connectivity index is 4.25. The van der Waals surface area contributed by atoms with Crippen molar-refractivity contribution in [1.82, 2.24) is 4.90 Å². The van der Waals surface area contributed by atoms with Gasteiger partial charge < -0.3 is 4.90 Å². The zero-order valence-corrected chi connectivity index (χ0v) is 7.38. The van der Waals surface area contributed by atoms with Crippen molar-refractivity contribution in [1.29, 1.82) is 5.26 Å². The molecule has 0 saturated carbocycles. The summed E-state index contributed by atoms with van der Waals surface area (Å²) in [6.07, 6.45) is 0.101. The van der Waals surface area contributed by atoms with E-state index in [1.54, 1.807) is 6.92 Å². The summed E-state index contributed by atoms with van der Waals surface area (Å²) in [6, 6.07) is 1.29. The molecule has 0 aromatic rings. The normalized spacial score (nSPS) is 11.8. The Labute approximate surface area is 71.8 Å². The molecule has 1 atom stereocenters. The lowest BCUT2D eigenvalue weighted by Gasteiger charge is -2.23. The van der Waals surface area contributed by atoms with Crippen LogP contribution < -0.4 is 0 Å². The third kappa shape index (κ3) is 2.87. The van der Waals surface area contributed by atoms with E-state index in [0.29, 0.717) is 6.54 Å². The van der Waals surface area contributed by atoms with Crippen LogP contribution in [0, 0.1) is 11.3 Å². The molecule has 0 spiro atoms. The van der Waals surface area contributed by atoms with Crippen molar-refractivity contribution in [2.75, 3.05) is 13.2 Å². The predicted octanol–water partition coefficient (Wildman–Crippen LogP) is 1.11. The van der Waals surface area contributed by atoms with Gasteiger partial charge in [0.1, 0.15) is 6.04 Å². The van der Waals surface area contributed by atoms with Gasteiger partial charge >= 0.3 is 0 Å². The van der Waals surface area contributed by atoms with Crippen molar-refractivity contribution in [2.24, 2.45) is 0 Å². The second-order valence-electron chi connectivity index (χ2n) is 2.43. The second-order valence-corrected chi connectivity index (χ2v) is 2.43. The third-order valence-electron chi connectivity index (χ3n) is 1.65. The maximum absolute atomic E-state index is 11.9. The Bertz CT molecular complexity index is 188. The monoisotopic (exact) mass is 172 g/mol. The highest BCUT2D eigenvalue weighted by Crippen LogP contribution is 2.03. The third-order valence-corrected chi connectivity index (χ3v) is 1.65. The van der Waals surface area contributed by atoms with Gasteiger partial charge in [0.25, 0.3) is 0 Å². The molecule has 0 rings (SSSR count). The van der Waals surface area contributed by atoms with E-state index < -0.39 is 12.7 Å². The van der Waals surface area contributed by atoms with E-state index in [-0.39, 0.29) is 12.3 Å². The lowest BCUT2D eigenvalue weighted by atomic mass is 10.2. The fourth-order valence-electron chi connectivity index (χ4n) is 1.06. The molecule has 0 fully saturated rings. The molecule has 12 heavy (non-hydrogen) atoms. The number of rotatable bonds is 4. The number of carbonyl (C=O) groups excluding carboxylic acids is 1. The van der Waals surface area contributed by atoms with Crippen LogP contribution in [0.3, 0.4) is 0 Å². The Morgan fingerprint density at radius 3 is 2.58 bits per heavy atom. The average Bonchev–Trinajstić information content (AvgIpc) is 2.03. The van der Waals surface area contributed by atoms with E-state index in [1.807, 2.05) is 6.07 Å². The smallest absolute Gasteiger partial charge is 0.220 e. The molecule has 4 heteroatoms. The zero-order chi connectivity index (χ0) is 9.56. The number of hydrogen-bond donors (Lipinski definition) is 0. The molecular formula is C8H13FN2O. The quantitative estimate of drug-likeness (QED) is 0.637. The van der Waals surface area contributed by atoms with Gasteiger partial charge in [0.15, 0.2) is 0 Å². The summed E-state index contributed by atoms with van der Waals surface area (Å²) in [7, 11) is 0. The first-order chi connectivity index (χ1) is 5.67. The van der Waals surface area contributed by atoms with Crippen LogP contribution in [-0.4, -0.2) is 30.1 Å². The minimum atomic E-state index is -0.613. The molecule has 0 saturated heterocycles. The van der Waals surface area contributed by atoms with E-state index in [2.05, 4.69) is 0 Å². The van der Waals surface area contributed by atoms with Gasteiger partial charge in [0, 0.05) is 19.9 Å². The summed E-state index contributed by atoms with van der Waals surface area (Å²) in [4.78, 5) is 12.3. The summed E-state index contributed by atoms with van der Waals surface area (Å²) < 4.78 is 11.9. The van der Waals surface area contributed by atoms with Gasteiger partial charge in [-0.25, -0.2) is 0 Å². The van der Waals surface area contributed by atoms with Gasteiger partial charge in [0.05, 0.1) is 12.7 Å². The highest BCUT2D eigenvalue weighted by atomic mass is 19.1. The maximum Gasteiger partial charge on any atom is 0.220 e. The molecule has 0 unspecified atom stereocenters. The van der Waals surface area contributed by atoms with E-state index >= 15 is 0 Å². The first kappa shape index (κ1) is 10.9. The molecule has 0 N–H and O–H groups in total. The van der Waals surface area contributed by atoms with Crippen molar-refractivity contribution in [2.45, 2.75) is 26.3 Å². The van der Waals surface area contributed by atoms with Crippen molar-refractivity contribution in [3.63, 3.8) is 0 Å². The average molecular weight is 172 g/mol. The summed E-state index contributed by atoms with van der Waals surface area (Å²) in [5.74, 6) is -0.183. The van der Waals surface area contributed by atoms with Crippen LogP contribution in [0.1, 0.15) is 20.3 Å². The summed E-state index contributed by atoms with van der Waals surface area (Å²) in [5, 5.41) is 8.60. The number of hydrogen-bond acceptors (Lipinski definition) is 2. The molecule has 0 aromatic heterocycles. The van der Waals surface area contributed by atoms with Gasteiger partial charge in [0.2, 0.25) is 5.91 Å². The van der Waals surface area contributed by atoms with Crippen LogP contribution in [0.5, 0.6) is 0 Å². The predicted molar refractivity (Wildman–Crippen MR) is 43.1 cm³/mol. The highest BCUT2D eigenvalue weighted by Gasteiger charge is 2.17. The van der Waals surface area contributed by atoms with Crippen LogP contribution in [0.25, 0.3) is 0 Å². The van der Waals surface area contributed by atoms with Gasteiger partial charge in [-0.1, -0.05) is 0 Å². The summed E-state index contributed by atoms with van der Waals surface area (Å²) >= 11 is 0. The van der Waals surface area contributed by atoms with Crippen molar-refractivity contribution >= 4 is 5.91 Å². The van der Waals surface area contributed by atoms with Gasteiger partial charge in [-0.05, 0) is 6.92 Å².